The van der Waals surface area contributed by atoms with Gasteiger partial charge in [0.1, 0.15) is 12.5 Å². The van der Waals surface area contributed by atoms with Crippen molar-refractivity contribution in [2.75, 3.05) is 13.2 Å². The third-order valence-corrected chi connectivity index (χ3v) is 4.28. The lowest BCUT2D eigenvalue weighted by molar-refractivity contribution is -0.0402. The summed E-state index contributed by atoms with van der Waals surface area (Å²) < 4.78 is 11.7. The fourth-order valence-corrected chi connectivity index (χ4v) is 3.56. The summed E-state index contributed by atoms with van der Waals surface area (Å²) in [5.41, 5.74) is 0.782. The van der Waals surface area contributed by atoms with Crippen LogP contribution < -0.4 is 5.32 Å². The molecule has 4 atom stereocenters. The van der Waals surface area contributed by atoms with Crippen LogP contribution in [-0.2, 0) is 9.47 Å². The number of rotatable bonds is 12. The van der Waals surface area contributed by atoms with E-state index >= 15 is 0 Å². The Labute approximate surface area is 158 Å². The molecule has 0 aliphatic heterocycles. The molecule has 0 saturated heterocycles. The lowest BCUT2D eigenvalue weighted by Crippen LogP contribution is -2.32. The Morgan fingerprint density at radius 2 is 0.960 bits per heavy atom. The van der Waals surface area contributed by atoms with Gasteiger partial charge in [-0.3, -0.25) is 0 Å². The normalized spacial score (nSPS) is 18.0. The molecular formula is C22H46NO2. The van der Waals surface area contributed by atoms with Gasteiger partial charge in [0.2, 0.25) is 0 Å². The SMILES string of the molecule is CC(CCOC(C)[N]C(C)OCCC(C)CC(C)(C)C)CC(C)(C)C. The minimum Gasteiger partial charge on any atom is -0.362 e. The summed E-state index contributed by atoms with van der Waals surface area (Å²) >= 11 is 0. The molecule has 0 N–H and O–H groups in total. The molecule has 1 radical (unpaired) electrons. The number of ether oxygens (including phenoxy) is 2. The highest BCUT2D eigenvalue weighted by Gasteiger charge is 2.17. The highest BCUT2D eigenvalue weighted by molar-refractivity contribution is 4.67. The van der Waals surface area contributed by atoms with E-state index in [0.717, 1.165) is 26.1 Å². The molecule has 0 heterocycles. The summed E-state index contributed by atoms with van der Waals surface area (Å²) in [4.78, 5) is 0. The summed E-state index contributed by atoms with van der Waals surface area (Å²) in [6, 6.07) is 0. The van der Waals surface area contributed by atoms with Crippen molar-refractivity contribution in [1.82, 2.24) is 5.32 Å². The van der Waals surface area contributed by atoms with Gasteiger partial charge in [0.05, 0.1) is 0 Å². The zero-order chi connectivity index (χ0) is 19.7. The molecule has 0 aromatic heterocycles. The minimum atomic E-state index is -0.0937. The van der Waals surface area contributed by atoms with Crippen molar-refractivity contribution in [1.29, 1.82) is 0 Å². The van der Waals surface area contributed by atoms with Crippen LogP contribution in [0.3, 0.4) is 0 Å². The molecule has 0 rings (SSSR count). The molecule has 0 aliphatic rings. The third-order valence-electron chi connectivity index (χ3n) is 4.28. The van der Waals surface area contributed by atoms with Gasteiger partial charge < -0.3 is 9.47 Å². The Hall–Kier alpha value is -0.120. The molecular weight excluding hydrogens is 310 g/mol. The van der Waals surface area contributed by atoms with E-state index in [-0.39, 0.29) is 12.5 Å². The Bertz CT molecular complexity index is 298. The van der Waals surface area contributed by atoms with Crippen LogP contribution in [0, 0.1) is 22.7 Å². The van der Waals surface area contributed by atoms with E-state index in [0.29, 0.717) is 22.7 Å². The van der Waals surface area contributed by atoms with Gasteiger partial charge in [-0.2, -0.15) is 5.32 Å². The molecule has 0 saturated carbocycles. The molecule has 0 fully saturated rings. The molecule has 3 heteroatoms. The van der Waals surface area contributed by atoms with Gasteiger partial charge in [-0.25, -0.2) is 0 Å². The van der Waals surface area contributed by atoms with E-state index in [1.807, 2.05) is 13.8 Å². The van der Waals surface area contributed by atoms with Crippen LogP contribution in [0.1, 0.15) is 94.9 Å². The number of nitrogens with zero attached hydrogens (tertiary/aromatic N) is 1. The fraction of sp³-hybridized carbons (Fsp3) is 1.00. The molecule has 0 aromatic rings. The quantitative estimate of drug-likeness (QED) is 0.414. The Morgan fingerprint density at radius 3 is 1.24 bits per heavy atom. The molecule has 0 bridgehead atoms. The maximum absolute atomic E-state index is 5.84. The van der Waals surface area contributed by atoms with Crippen LogP contribution in [-0.4, -0.2) is 25.7 Å². The van der Waals surface area contributed by atoms with E-state index < -0.39 is 0 Å². The van der Waals surface area contributed by atoms with Crippen molar-refractivity contribution < 1.29 is 9.47 Å². The van der Waals surface area contributed by atoms with E-state index in [9.17, 15) is 0 Å². The molecule has 0 aliphatic carbocycles. The zero-order valence-electron chi connectivity index (χ0n) is 18.8. The zero-order valence-corrected chi connectivity index (χ0v) is 18.8. The first-order chi connectivity index (χ1) is 11.3. The van der Waals surface area contributed by atoms with E-state index in [2.05, 4.69) is 60.7 Å². The van der Waals surface area contributed by atoms with Crippen LogP contribution in [0.25, 0.3) is 0 Å². The van der Waals surface area contributed by atoms with Crippen molar-refractivity contribution in [2.45, 2.75) is 107 Å². The largest absolute Gasteiger partial charge is 0.362 e. The lowest BCUT2D eigenvalue weighted by Gasteiger charge is -2.25. The maximum atomic E-state index is 5.84. The lowest BCUT2D eigenvalue weighted by atomic mass is 9.84. The molecule has 3 nitrogen and oxygen atoms in total. The smallest absolute Gasteiger partial charge is 0.123 e. The standard InChI is InChI=1S/C22H46NO2/c1-17(15-21(5,6)7)11-13-24-19(3)23-20(4)25-14-12-18(2)16-22(8,9)10/h17-20H,11-16H2,1-10H3. The summed E-state index contributed by atoms with van der Waals surface area (Å²) in [7, 11) is 0. The van der Waals surface area contributed by atoms with E-state index in [4.69, 9.17) is 9.47 Å². The minimum absolute atomic E-state index is 0.0937. The van der Waals surface area contributed by atoms with E-state index in [1.165, 1.54) is 12.8 Å². The summed E-state index contributed by atoms with van der Waals surface area (Å²) in [5.74, 6) is 1.37. The number of hydrogen-bond acceptors (Lipinski definition) is 2. The third kappa shape index (κ3) is 17.1. The average molecular weight is 357 g/mol. The highest BCUT2D eigenvalue weighted by Crippen LogP contribution is 2.26. The van der Waals surface area contributed by atoms with Crippen LogP contribution in [0.4, 0.5) is 0 Å². The predicted octanol–water partition coefficient (Wildman–Crippen LogP) is 6.24. The molecule has 4 unspecified atom stereocenters. The fourth-order valence-electron chi connectivity index (χ4n) is 3.56. The van der Waals surface area contributed by atoms with Crippen molar-refractivity contribution in [3.05, 3.63) is 0 Å². The Morgan fingerprint density at radius 1 is 0.640 bits per heavy atom. The van der Waals surface area contributed by atoms with Gasteiger partial charge in [-0.15, -0.1) is 0 Å². The first kappa shape index (κ1) is 24.9. The van der Waals surface area contributed by atoms with Gasteiger partial charge in [0.15, 0.2) is 0 Å². The topological polar surface area (TPSA) is 32.6 Å². The van der Waals surface area contributed by atoms with Crippen molar-refractivity contribution in [3.63, 3.8) is 0 Å². The second kappa shape index (κ2) is 11.6. The second-order valence-corrected chi connectivity index (χ2v) is 10.4. The molecule has 0 aromatic carbocycles. The summed E-state index contributed by atoms with van der Waals surface area (Å²) in [6.07, 6.45) is 4.46. The van der Waals surface area contributed by atoms with Crippen LogP contribution in [0.5, 0.6) is 0 Å². The molecule has 25 heavy (non-hydrogen) atoms. The average Bonchev–Trinajstić information content (AvgIpc) is 2.33. The Balaban J connectivity index is 3.79. The monoisotopic (exact) mass is 356 g/mol. The van der Waals surface area contributed by atoms with Crippen LogP contribution >= 0.6 is 0 Å². The highest BCUT2D eigenvalue weighted by atomic mass is 16.5. The van der Waals surface area contributed by atoms with Crippen molar-refractivity contribution in [3.8, 4) is 0 Å². The van der Waals surface area contributed by atoms with Crippen LogP contribution in [0.2, 0.25) is 0 Å². The predicted molar refractivity (Wildman–Crippen MR) is 109 cm³/mol. The molecule has 151 valence electrons. The molecule has 0 spiro atoms. The van der Waals surface area contributed by atoms with Gasteiger partial charge in [0.25, 0.3) is 0 Å². The number of hydrogen-bond donors (Lipinski definition) is 0. The Kier molecular flexibility index (Phi) is 11.5. The first-order valence-corrected chi connectivity index (χ1v) is 10.2. The van der Waals surface area contributed by atoms with Gasteiger partial charge in [0, 0.05) is 13.2 Å². The van der Waals surface area contributed by atoms with Gasteiger partial charge >= 0.3 is 0 Å². The van der Waals surface area contributed by atoms with Crippen LogP contribution in [0.15, 0.2) is 0 Å². The maximum Gasteiger partial charge on any atom is 0.123 e. The van der Waals surface area contributed by atoms with Crippen molar-refractivity contribution >= 4 is 0 Å². The van der Waals surface area contributed by atoms with E-state index in [1.54, 1.807) is 0 Å². The molecule has 0 amide bonds. The second-order valence-electron chi connectivity index (χ2n) is 10.4. The summed E-state index contributed by atoms with van der Waals surface area (Å²) in [5, 5.41) is 4.58. The van der Waals surface area contributed by atoms with Crippen molar-refractivity contribution in [2.24, 2.45) is 22.7 Å². The van der Waals surface area contributed by atoms with Gasteiger partial charge in [-0.05, 0) is 62.2 Å². The first-order valence-electron chi connectivity index (χ1n) is 10.2. The summed E-state index contributed by atoms with van der Waals surface area (Å²) in [6.45, 7) is 24.0. The van der Waals surface area contributed by atoms with Gasteiger partial charge in [-0.1, -0.05) is 55.4 Å².